The molecule has 1 N–H and O–H groups in total. The molecule has 0 radical (unpaired) electrons. The lowest BCUT2D eigenvalue weighted by Crippen LogP contribution is -2.51. The van der Waals surface area contributed by atoms with Gasteiger partial charge in [-0.1, -0.05) is 0 Å². The van der Waals surface area contributed by atoms with Crippen molar-refractivity contribution >= 4 is 15.7 Å². The van der Waals surface area contributed by atoms with Gasteiger partial charge in [-0.2, -0.15) is 0 Å². The zero-order valence-corrected chi connectivity index (χ0v) is 10.2. The summed E-state index contributed by atoms with van der Waals surface area (Å²) in [7, 11) is -2.83. The van der Waals surface area contributed by atoms with E-state index in [-0.39, 0.29) is 24.2 Å². The Balaban J connectivity index is 1.92. The second kappa shape index (κ2) is 4.00. The highest BCUT2D eigenvalue weighted by Gasteiger charge is 2.37. The summed E-state index contributed by atoms with van der Waals surface area (Å²) < 4.78 is 28.2. The fourth-order valence-corrected chi connectivity index (χ4v) is 4.26. The molecule has 6 heteroatoms. The van der Waals surface area contributed by atoms with Crippen LogP contribution in [0.25, 0.3) is 0 Å². The summed E-state index contributed by atoms with van der Waals surface area (Å²) in [5.41, 5.74) is -0.404. The summed E-state index contributed by atoms with van der Waals surface area (Å²) in [4.78, 5) is 11.0. The molecule has 92 valence electrons. The summed E-state index contributed by atoms with van der Waals surface area (Å²) in [6, 6.07) is 0. The fraction of sp³-hybridized carbons (Fsp3) is 0.900. The van der Waals surface area contributed by atoms with Gasteiger partial charge in [0.2, 0.25) is 5.91 Å². The fourth-order valence-electron chi connectivity index (χ4n) is 2.40. The number of rotatable bonds is 2. The standard InChI is InChI=1S/C10H17NO4S/c1-10(7-11-9(12)5-15-10)4-8-2-3-16(13,14)6-8/h8H,2-7H2,1H3,(H,11,12). The molecular weight excluding hydrogens is 230 g/mol. The van der Waals surface area contributed by atoms with E-state index in [0.29, 0.717) is 18.7 Å². The maximum atomic E-state index is 11.3. The zero-order valence-electron chi connectivity index (χ0n) is 9.36. The lowest BCUT2D eigenvalue weighted by molar-refractivity contribution is -0.143. The van der Waals surface area contributed by atoms with E-state index in [2.05, 4.69) is 5.32 Å². The van der Waals surface area contributed by atoms with Gasteiger partial charge in [0, 0.05) is 6.54 Å². The number of amides is 1. The number of hydrogen-bond donors (Lipinski definition) is 1. The van der Waals surface area contributed by atoms with E-state index in [0.717, 1.165) is 6.42 Å². The van der Waals surface area contributed by atoms with Crippen LogP contribution < -0.4 is 5.32 Å². The van der Waals surface area contributed by atoms with E-state index >= 15 is 0 Å². The Kier molecular flexibility index (Phi) is 2.96. The number of morpholine rings is 1. The van der Waals surface area contributed by atoms with Gasteiger partial charge in [-0.25, -0.2) is 8.42 Å². The topological polar surface area (TPSA) is 72.5 Å². The zero-order chi connectivity index (χ0) is 11.8. The molecule has 0 spiro atoms. The van der Waals surface area contributed by atoms with Gasteiger partial charge in [0.1, 0.15) is 6.61 Å². The number of sulfone groups is 1. The molecule has 0 aromatic heterocycles. The third-order valence-electron chi connectivity index (χ3n) is 3.26. The van der Waals surface area contributed by atoms with Crippen LogP contribution in [0.2, 0.25) is 0 Å². The van der Waals surface area contributed by atoms with E-state index in [9.17, 15) is 13.2 Å². The molecule has 2 heterocycles. The normalized spacial score (nSPS) is 38.3. The van der Waals surface area contributed by atoms with Crippen molar-refractivity contribution in [2.45, 2.75) is 25.4 Å². The van der Waals surface area contributed by atoms with Crippen molar-refractivity contribution in [1.29, 1.82) is 0 Å². The van der Waals surface area contributed by atoms with Crippen molar-refractivity contribution in [3.63, 3.8) is 0 Å². The first-order valence-corrected chi connectivity index (χ1v) is 7.32. The average Bonchev–Trinajstić information content (AvgIpc) is 2.51. The van der Waals surface area contributed by atoms with Crippen molar-refractivity contribution < 1.29 is 17.9 Å². The van der Waals surface area contributed by atoms with Crippen LogP contribution in [0.5, 0.6) is 0 Å². The molecule has 2 aliphatic rings. The van der Waals surface area contributed by atoms with Crippen molar-refractivity contribution in [2.24, 2.45) is 5.92 Å². The Bertz CT molecular complexity index is 380. The molecule has 2 fully saturated rings. The number of ether oxygens (including phenoxy) is 1. The van der Waals surface area contributed by atoms with E-state index in [1.165, 1.54) is 0 Å². The summed E-state index contributed by atoms with van der Waals surface area (Å²) in [6.45, 7) is 2.48. The minimum atomic E-state index is -2.83. The second-order valence-electron chi connectivity index (χ2n) is 4.99. The molecule has 2 atom stereocenters. The van der Waals surface area contributed by atoms with Crippen LogP contribution in [0.3, 0.4) is 0 Å². The molecule has 0 bridgehead atoms. The van der Waals surface area contributed by atoms with Crippen LogP contribution in [0.15, 0.2) is 0 Å². The first kappa shape index (κ1) is 11.9. The molecule has 2 unspecified atom stereocenters. The lowest BCUT2D eigenvalue weighted by Gasteiger charge is -2.35. The Labute approximate surface area is 95.5 Å². The van der Waals surface area contributed by atoms with Crippen LogP contribution in [-0.2, 0) is 19.4 Å². The van der Waals surface area contributed by atoms with Crippen LogP contribution >= 0.6 is 0 Å². The SMILES string of the molecule is CC1(CC2CCS(=O)(=O)C2)CNC(=O)CO1. The predicted molar refractivity (Wildman–Crippen MR) is 58.7 cm³/mol. The van der Waals surface area contributed by atoms with Gasteiger partial charge in [0.05, 0.1) is 17.1 Å². The summed E-state index contributed by atoms with van der Waals surface area (Å²) in [6.07, 6.45) is 1.42. The third kappa shape index (κ3) is 2.74. The molecule has 2 aliphatic heterocycles. The van der Waals surface area contributed by atoms with Crippen LogP contribution in [0.1, 0.15) is 19.8 Å². The molecule has 16 heavy (non-hydrogen) atoms. The molecule has 5 nitrogen and oxygen atoms in total. The second-order valence-corrected chi connectivity index (χ2v) is 7.22. The van der Waals surface area contributed by atoms with Gasteiger partial charge in [0.25, 0.3) is 0 Å². The minimum absolute atomic E-state index is 0.0793. The molecule has 0 aromatic rings. The molecule has 0 aliphatic carbocycles. The summed E-state index contributed by atoms with van der Waals surface area (Å²) in [5, 5.41) is 2.75. The number of nitrogens with one attached hydrogen (secondary N) is 1. The van der Waals surface area contributed by atoms with E-state index in [1.807, 2.05) is 6.92 Å². The first-order valence-electron chi connectivity index (χ1n) is 5.50. The summed E-state index contributed by atoms with van der Waals surface area (Å²) >= 11 is 0. The first-order chi connectivity index (χ1) is 7.39. The van der Waals surface area contributed by atoms with Gasteiger partial charge in [-0.15, -0.1) is 0 Å². The number of carbonyl (C=O) groups is 1. The number of hydrogen-bond acceptors (Lipinski definition) is 4. The number of carbonyl (C=O) groups excluding carboxylic acids is 1. The van der Waals surface area contributed by atoms with E-state index in [1.54, 1.807) is 0 Å². The highest BCUT2D eigenvalue weighted by atomic mass is 32.2. The maximum absolute atomic E-state index is 11.3. The largest absolute Gasteiger partial charge is 0.364 e. The van der Waals surface area contributed by atoms with Gasteiger partial charge >= 0.3 is 0 Å². The molecular formula is C10H17NO4S. The monoisotopic (exact) mass is 247 g/mol. The van der Waals surface area contributed by atoms with Crippen LogP contribution in [-0.4, -0.2) is 44.6 Å². The highest BCUT2D eigenvalue weighted by molar-refractivity contribution is 7.91. The van der Waals surface area contributed by atoms with Gasteiger partial charge < -0.3 is 10.1 Å². The van der Waals surface area contributed by atoms with Gasteiger partial charge in [0.15, 0.2) is 9.84 Å². The molecule has 2 saturated heterocycles. The molecule has 2 rings (SSSR count). The van der Waals surface area contributed by atoms with Crippen molar-refractivity contribution in [3.05, 3.63) is 0 Å². The van der Waals surface area contributed by atoms with Crippen LogP contribution in [0.4, 0.5) is 0 Å². The van der Waals surface area contributed by atoms with Crippen LogP contribution in [0, 0.1) is 5.92 Å². The Morgan fingerprint density at radius 2 is 2.31 bits per heavy atom. The minimum Gasteiger partial charge on any atom is -0.364 e. The Morgan fingerprint density at radius 1 is 1.56 bits per heavy atom. The quantitative estimate of drug-likeness (QED) is 0.728. The average molecular weight is 247 g/mol. The molecule has 0 saturated carbocycles. The Hall–Kier alpha value is -0.620. The predicted octanol–water partition coefficient (Wildman–Crippen LogP) is -0.284. The van der Waals surface area contributed by atoms with E-state index < -0.39 is 15.4 Å². The van der Waals surface area contributed by atoms with Crippen molar-refractivity contribution in [2.75, 3.05) is 24.7 Å². The van der Waals surface area contributed by atoms with Crippen molar-refractivity contribution in [1.82, 2.24) is 5.32 Å². The molecule has 0 aromatic carbocycles. The maximum Gasteiger partial charge on any atom is 0.246 e. The Morgan fingerprint density at radius 3 is 2.81 bits per heavy atom. The lowest BCUT2D eigenvalue weighted by atomic mass is 9.90. The smallest absolute Gasteiger partial charge is 0.246 e. The van der Waals surface area contributed by atoms with E-state index in [4.69, 9.17) is 4.74 Å². The van der Waals surface area contributed by atoms with Crippen molar-refractivity contribution in [3.8, 4) is 0 Å². The highest BCUT2D eigenvalue weighted by Crippen LogP contribution is 2.29. The summed E-state index contributed by atoms with van der Waals surface area (Å²) in [5.74, 6) is 0.626. The molecule has 1 amide bonds. The van der Waals surface area contributed by atoms with Gasteiger partial charge in [-0.05, 0) is 25.7 Å². The van der Waals surface area contributed by atoms with Gasteiger partial charge in [-0.3, -0.25) is 4.79 Å². The third-order valence-corrected chi connectivity index (χ3v) is 5.10.